The van der Waals surface area contributed by atoms with Crippen molar-refractivity contribution in [2.75, 3.05) is 13.1 Å². The van der Waals surface area contributed by atoms with Crippen molar-refractivity contribution >= 4 is 23.2 Å². The number of rotatable bonds is 2. The molecule has 0 spiro atoms. The highest BCUT2D eigenvalue weighted by Crippen LogP contribution is 2.36. The molecule has 2 heterocycles. The fourth-order valence-corrected chi connectivity index (χ4v) is 3.93. The van der Waals surface area contributed by atoms with E-state index in [0.29, 0.717) is 5.15 Å². The highest BCUT2D eigenvalue weighted by Gasteiger charge is 2.31. The minimum absolute atomic E-state index is 0.534. The van der Waals surface area contributed by atoms with E-state index in [9.17, 15) is 0 Å². The number of piperidine rings is 1. The lowest BCUT2D eigenvalue weighted by atomic mass is 9.75. The lowest BCUT2D eigenvalue weighted by Gasteiger charge is -2.41. The van der Waals surface area contributed by atoms with Gasteiger partial charge in [-0.1, -0.05) is 42.5 Å². The number of likely N-dealkylation sites (tertiary alicyclic amines) is 1. The van der Waals surface area contributed by atoms with Gasteiger partial charge < -0.3 is 0 Å². The summed E-state index contributed by atoms with van der Waals surface area (Å²) in [4.78, 5) is 6.86. The SMILES string of the molecule is Clc1ccc(Cl)c(CN2CCC3CCCCC3C2)n1. The van der Waals surface area contributed by atoms with Crippen LogP contribution in [0.25, 0.3) is 0 Å². The smallest absolute Gasteiger partial charge is 0.129 e. The molecule has 1 aliphatic heterocycles. The Morgan fingerprint density at radius 3 is 2.74 bits per heavy atom. The minimum atomic E-state index is 0.534. The Morgan fingerprint density at radius 2 is 1.89 bits per heavy atom. The fraction of sp³-hybridized carbons (Fsp3) is 0.667. The summed E-state index contributed by atoms with van der Waals surface area (Å²) in [6.07, 6.45) is 7.02. The Hall–Kier alpha value is -0.310. The van der Waals surface area contributed by atoms with Gasteiger partial charge in [-0.2, -0.15) is 0 Å². The first-order valence-electron chi connectivity index (χ1n) is 7.25. The molecule has 0 amide bonds. The summed E-state index contributed by atoms with van der Waals surface area (Å²) in [5, 5.41) is 1.27. The van der Waals surface area contributed by atoms with Crippen molar-refractivity contribution in [2.24, 2.45) is 11.8 Å². The van der Waals surface area contributed by atoms with Gasteiger partial charge in [0.1, 0.15) is 5.15 Å². The Labute approximate surface area is 125 Å². The second-order valence-electron chi connectivity index (χ2n) is 5.89. The maximum absolute atomic E-state index is 6.21. The van der Waals surface area contributed by atoms with E-state index in [1.807, 2.05) is 6.07 Å². The Kier molecular flexibility index (Phi) is 4.30. The molecule has 1 saturated carbocycles. The van der Waals surface area contributed by atoms with E-state index < -0.39 is 0 Å². The predicted octanol–water partition coefficient (Wildman–Crippen LogP) is 4.40. The molecule has 2 atom stereocenters. The number of halogens is 2. The van der Waals surface area contributed by atoms with Crippen LogP contribution < -0.4 is 0 Å². The molecule has 1 aromatic heterocycles. The van der Waals surface area contributed by atoms with Crippen LogP contribution in [0.2, 0.25) is 10.2 Å². The van der Waals surface area contributed by atoms with Crippen molar-refractivity contribution in [3.05, 3.63) is 28.0 Å². The summed E-state index contributed by atoms with van der Waals surface area (Å²) in [5.74, 6) is 1.85. The van der Waals surface area contributed by atoms with Crippen LogP contribution in [-0.2, 0) is 6.54 Å². The summed E-state index contributed by atoms with van der Waals surface area (Å²) in [6, 6.07) is 3.60. The van der Waals surface area contributed by atoms with Crippen LogP contribution in [0.3, 0.4) is 0 Å². The molecule has 2 aliphatic rings. The Balaban J connectivity index is 1.65. The molecule has 1 aromatic rings. The zero-order valence-electron chi connectivity index (χ0n) is 11.1. The summed E-state index contributed by atoms with van der Waals surface area (Å²) in [5.41, 5.74) is 0.920. The molecule has 0 bridgehead atoms. The first-order valence-corrected chi connectivity index (χ1v) is 8.01. The molecular formula is C15H20Cl2N2. The van der Waals surface area contributed by atoms with Gasteiger partial charge in [0.05, 0.1) is 10.7 Å². The molecule has 3 rings (SSSR count). The van der Waals surface area contributed by atoms with E-state index in [0.717, 1.165) is 29.1 Å². The fourth-order valence-electron chi connectivity index (χ4n) is 3.60. The van der Waals surface area contributed by atoms with Gasteiger partial charge in [-0.05, 0) is 43.4 Å². The van der Waals surface area contributed by atoms with Crippen LogP contribution in [0.5, 0.6) is 0 Å². The number of aromatic nitrogens is 1. The molecule has 1 saturated heterocycles. The second kappa shape index (κ2) is 5.99. The van der Waals surface area contributed by atoms with Crippen LogP contribution in [0, 0.1) is 11.8 Å². The van der Waals surface area contributed by atoms with Crippen molar-refractivity contribution in [2.45, 2.75) is 38.6 Å². The van der Waals surface area contributed by atoms with Crippen molar-refractivity contribution in [1.82, 2.24) is 9.88 Å². The molecule has 2 unspecified atom stereocenters. The van der Waals surface area contributed by atoms with Gasteiger partial charge in [0.15, 0.2) is 0 Å². The van der Waals surface area contributed by atoms with Crippen molar-refractivity contribution in [1.29, 1.82) is 0 Å². The van der Waals surface area contributed by atoms with Gasteiger partial charge in [-0.15, -0.1) is 0 Å². The first-order chi connectivity index (χ1) is 9.22. The highest BCUT2D eigenvalue weighted by atomic mass is 35.5. The number of pyridine rings is 1. The Bertz CT molecular complexity index is 450. The molecule has 2 nitrogen and oxygen atoms in total. The van der Waals surface area contributed by atoms with Gasteiger partial charge in [0.2, 0.25) is 0 Å². The summed E-state index contributed by atoms with van der Waals surface area (Å²) < 4.78 is 0. The average molecular weight is 299 g/mol. The minimum Gasteiger partial charge on any atom is -0.297 e. The molecule has 0 N–H and O–H groups in total. The first kappa shape index (κ1) is 13.7. The third-order valence-corrected chi connectivity index (χ3v) is 5.19. The van der Waals surface area contributed by atoms with Crippen molar-refractivity contribution in [3.63, 3.8) is 0 Å². The summed E-state index contributed by atoms with van der Waals surface area (Å²) in [6.45, 7) is 3.21. The van der Waals surface area contributed by atoms with Crippen molar-refractivity contribution < 1.29 is 0 Å². The predicted molar refractivity (Wildman–Crippen MR) is 79.6 cm³/mol. The summed E-state index contributed by atoms with van der Waals surface area (Å²) in [7, 11) is 0. The zero-order chi connectivity index (χ0) is 13.2. The molecule has 104 valence electrons. The quantitative estimate of drug-likeness (QED) is 0.752. The summed E-state index contributed by atoms with van der Waals surface area (Å²) >= 11 is 12.2. The molecule has 0 aromatic carbocycles. The number of hydrogen-bond donors (Lipinski definition) is 0. The van der Waals surface area contributed by atoms with Crippen LogP contribution in [0.4, 0.5) is 0 Å². The van der Waals surface area contributed by atoms with Gasteiger partial charge >= 0.3 is 0 Å². The third-order valence-electron chi connectivity index (χ3n) is 4.63. The van der Waals surface area contributed by atoms with Crippen molar-refractivity contribution in [3.8, 4) is 0 Å². The van der Waals surface area contributed by atoms with Gasteiger partial charge in [-0.3, -0.25) is 4.90 Å². The van der Waals surface area contributed by atoms with E-state index in [1.165, 1.54) is 45.2 Å². The third kappa shape index (κ3) is 3.24. The zero-order valence-corrected chi connectivity index (χ0v) is 12.6. The molecule has 4 heteroatoms. The van der Waals surface area contributed by atoms with Crippen LogP contribution in [0.1, 0.15) is 37.8 Å². The van der Waals surface area contributed by atoms with E-state index in [1.54, 1.807) is 6.07 Å². The van der Waals surface area contributed by atoms with E-state index in [4.69, 9.17) is 23.2 Å². The molecule has 19 heavy (non-hydrogen) atoms. The number of fused-ring (bicyclic) bond motifs is 1. The van der Waals surface area contributed by atoms with Gasteiger partial charge in [0.25, 0.3) is 0 Å². The topological polar surface area (TPSA) is 16.1 Å². The van der Waals surface area contributed by atoms with Crippen LogP contribution in [-0.4, -0.2) is 23.0 Å². The molecule has 2 fully saturated rings. The lowest BCUT2D eigenvalue weighted by molar-refractivity contribution is 0.0812. The molecule has 0 radical (unpaired) electrons. The monoisotopic (exact) mass is 298 g/mol. The highest BCUT2D eigenvalue weighted by molar-refractivity contribution is 6.32. The maximum Gasteiger partial charge on any atom is 0.129 e. The van der Waals surface area contributed by atoms with Crippen LogP contribution in [0.15, 0.2) is 12.1 Å². The van der Waals surface area contributed by atoms with Gasteiger partial charge in [-0.25, -0.2) is 4.98 Å². The number of hydrogen-bond acceptors (Lipinski definition) is 2. The number of nitrogens with zero attached hydrogens (tertiary/aromatic N) is 2. The lowest BCUT2D eigenvalue weighted by Crippen LogP contribution is -2.41. The standard InChI is InChI=1S/C15H20Cl2N2/c16-13-5-6-15(17)18-14(13)10-19-8-7-11-3-1-2-4-12(11)9-19/h5-6,11-12H,1-4,7-10H2. The van der Waals surface area contributed by atoms with E-state index in [-0.39, 0.29) is 0 Å². The second-order valence-corrected chi connectivity index (χ2v) is 6.69. The molecule has 1 aliphatic carbocycles. The van der Waals surface area contributed by atoms with E-state index >= 15 is 0 Å². The van der Waals surface area contributed by atoms with Gasteiger partial charge in [0, 0.05) is 13.1 Å². The average Bonchev–Trinajstić information content (AvgIpc) is 2.43. The largest absolute Gasteiger partial charge is 0.297 e. The Morgan fingerprint density at radius 1 is 1.11 bits per heavy atom. The maximum atomic E-state index is 6.21. The van der Waals surface area contributed by atoms with E-state index in [2.05, 4.69) is 9.88 Å². The van der Waals surface area contributed by atoms with Crippen LogP contribution >= 0.6 is 23.2 Å². The normalized spacial score (nSPS) is 28.1. The molecular weight excluding hydrogens is 279 g/mol.